The molecule has 0 spiro atoms. The molecule has 36 heavy (non-hydrogen) atoms. The lowest BCUT2D eigenvalue weighted by Gasteiger charge is -2.58. The smallest absolute Gasteiger partial charge is 0.214 e. The van der Waals surface area contributed by atoms with Crippen LogP contribution in [0.5, 0.6) is 0 Å². The van der Waals surface area contributed by atoms with Crippen LogP contribution in [-0.4, -0.2) is 17.1 Å². The van der Waals surface area contributed by atoms with Gasteiger partial charge in [-0.1, -0.05) is 57.8 Å². The third-order valence-electron chi connectivity index (χ3n) is 11.9. The Balaban J connectivity index is 0.000000112. The van der Waals surface area contributed by atoms with Crippen molar-refractivity contribution in [1.82, 2.24) is 10.2 Å². The van der Waals surface area contributed by atoms with Crippen molar-refractivity contribution in [2.75, 3.05) is 0 Å². The lowest BCUT2D eigenvalue weighted by atomic mass is 9.53. The van der Waals surface area contributed by atoms with Crippen LogP contribution in [0.1, 0.15) is 148 Å². The fourth-order valence-corrected chi connectivity index (χ4v) is 11.3. The van der Waals surface area contributed by atoms with Crippen LogP contribution in [-0.2, 0) is 0 Å². The van der Waals surface area contributed by atoms with Crippen LogP contribution in [0.4, 0.5) is 0 Å². The Morgan fingerprint density at radius 2 is 0.889 bits per heavy atom. The monoisotopic (exact) mass is 495 g/mol. The predicted molar refractivity (Wildman–Crippen MR) is 147 cm³/mol. The Morgan fingerprint density at radius 1 is 0.528 bits per heavy atom. The quantitative estimate of drug-likeness (QED) is 0.298. The summed E-state index contributed by atoms with van der Waals surface area (Å²) in [6, 6.07) is 0.875. The Kier molecular flexibility index (Phi) is 7.93. The van der Waals surface area contributed by atoms with Crippen LogP contribution < -0.4 is 10.2 Å². The first-order valence-electron chi connectivity index (χ1n) is 16.5. The van der Waals surface area contributed by atoms with Crippen molar-refractivity contribution in [3.63, 3.8) is 0 Å². The predicted octanol–water partition coefficient (Wildman–Crippen LogP) is 8.72. The first-order valence-corrected chi connectivity index (χ1v) is 16.5. The van der Waals surface area contributed by atoms with E-state index in [0.717, 1.165) is 41.5 Å². The van der Waals surface area contributed by atoms with E-state index in [1.807, 2.05) is 0 Å². The zero-order chi connectivity index (χ0) is 24.4. The summed E-state index contributed by atoms with van der Waals surface area (Å²) < 4.78 is 0. The molecule has 4 nitrogen and oxygen atoms in total. The second kappa shape index (κ2) is 11.2. The zero-order valence-corrected chi connectivity index (χ0v) is 23.2. The van der Waals surface area contributed by atoms with E-state index in [9.17, 15) is 0 Å². The molecule has 2 N–H and O–H groups in total. The van der Waals surface area contributed by atoms with Gasteiger partial charge in [0, 0.05) is 11.6 Å². The van der Waals surface area contributed by atoms with Gasteiger partial charge in [0.25, 0.3) is 0 Å². The van der Waals surface area contributed by atoms with Crippen LogP contribution in [0.2, 0.25) is 0 Å². The van der Waals surface area contributed by atoms with Crippen molar-refractivity contribution in [1.29, 1.82) is 5.53 Å². The Bertz CT molecular complexity index is 691. The van der Waals surface area contributed by atoms with Gasteiger partial charge in [-0.3, -0.25) is 0 Å². The first-order chi connectivity index (χ1) is 17.6. The van der Waals surface area contributed by atoms with Gasteiger partial charge in [0.1, 0.15) is 16.2 Å². The minimum Gasteiger partial charge on any atom is -0.308 e. The number of nitrogens with one attached hydrogen (secondary N) is 2. The molecule has 0 unspecified atom stereocenters. The molecule has 10 aliphatic carbocycles. The van der Waals surface area contributed by atoms with Crippen LogP contribution in [0.25, 0.3) is 0 Å². The second-order valence-electron chi connectivity index (χ2n) is 15.1. The normalized spacial score (nSPS) is 46.2. The third kappa shape index (κ3) is 5.96. The lowest BCUT2D eigenvalue weighted by molar-refractivity contribution is -0.0272. The molecule has 8 bridgehead atoms. The zero-order valence-electron chi connectivity index (χ0n) is 23.2. The van der Waals surface area contributed by atoms with E-state index in [-0.39, 0.29) is 5.54 Å². The minimum absolute atomic E-state index is 0.122. The highest BCUT2D eigenvalue weighted by Crippen LogP contribution is 2.57. The van der Waals surface area contributed by atoms with Crippen molar-refractivity contribution in [2.45, 2.75) is 165 Å². The number of hydrogen-bond acceptors (Lipinski definition) is 3. The van der Waals surface area contributed by atoms with Crippen molar-refractivity contribution in [3.05, 3.63) is 0 Å². The summed E-state index contributed by atoms with van der Waals surface area (Å²) in [6.45, 7) is 0. The molecule has 0 amide bonds. The van der Waals surface area contributed by atoms with Crippen LogP contribution >= 0.6 is 0 Å². The number of rotatable bonds is 3. The van der Waals surface area contributed by atoms with E-state index in [2.05, 4.69) is 15.3 Å². The van der Waals surface area contributed by atoms with Crippen LogP contribution in [0.3, 0.4) is 0 Å². The van der Waals surface area contributed by atoms with Crippen LogP contribution in [0, 0.1) is 41.0 Å². The van der Waals surface area contributed by atoms with Gasteiger partial charge in [-0.2, -0.15) is 0 Å². The van der Waals surface area contributed by atoms with E-state index in [1.54, 1.807) is 19.3 Å². The summed E-state index contributed by atoms with van der Waals surface area (Å²) in [7, 11) is 0. The fourth-order valence-electron chi connectivity index (χ4n) is 11.3. The van der Waals surface area contributed by atoms with Gasteiger partial charge in [0.2, 0.25) is 4.91 Å². The van der Waals surface area contributed by atoms with E-state index in [1.165, 1.54) is 128 Å². The topological polar surface area (TPSA) is 62.3 Å². The molecule has 0 heterocycles. The highest BCUT2D eigenvalue weighted by molar-refractivity contribution is 5.08. The SMILES string of the molecule is C1CCC(NC23CC4CC(CC(C4)C2)C3)CC1.C1CCCCC1.N=[N+]=NC12CC3CC(CC(C3)C1)C2. The highest BCUT2D eigenvalue weighted by Gasteiger charge is 2.54. The number of hydrogen-bond donors (Lipinski definition) is 2. The average molecular weight is 496 g/mol. The Labute approximate surface area is 221 Å². The minimum atomic E-state index is 0.122. The van der Waals surface area contributed by atoms with Crippen molar-refractivity contribution in [2.24, 2.45) is 40.6 Å². The molecule has 0 aromatic rings. The van der Waals surface area contributed by atoms with Gasteiger partial charge in [-0.15, -0.1) is 0 Å². The molecule has 10 rings (SSSR count). The van der Waals surface area contributed by atoms with Gasteiger partial charge in [0.05, 0.1) is 0 Å². The molecule has 0 atom stereocenters. The van der Waals surface area contributed by atoms with E-state index < -0.39 is 0 Å². The van der Waals surface area contributed by atoms with Gasteiger partial charge in [-0.05, 0) is 125 Å². The molecular weight excluding hydrogens is 440 g/mol. The summed E-state index contributed by atoms with van der Waals surface area (Å²) >= 11 is 0. The number of nitrogens with zero attached hydrogens (tertiary/aromatic N) is 2. The summed E-state index contributed by atoms with van der Waals surface area (Å²) in [6.07, 6.45) is 33.6. The van der Waals surface area contributed by atoms with Crippen LogP contribution in [0.15, 0.2) is 5.11 Å². The molecule has 10 aliphatic rings. The average Bonchev–Trinajstić information content (AvgIpc) is 2.85. The lowest BCUT2D eigenvalue weighted by Crippen LogP contribution is -2.60. The standard InChI is InChI=1S/C16H27N.C10H16N3.C6H12/c1-2-4-15(5-3-1)17-16-9-12-6-13(10-16)8-14(7-12)11-16;11-13-12-10-4-7-1-8(5-10)3-9(2-7)6-10;1-2-4-6-5-3-1/h12-15,17H,1-11H2;7-9,11H,1-6H2;1-6H2/q;+1;. The molecule has 0 saturated heterocycles. The summed E-state index contributed by atoms with van der Waals surface area (Å²) in [5, 5.41) is 8.37. The molecule has 10 fully saturated rings. The van der Waals surface area contributed by atoms with E-state index in [4.69, 9.17) is 5.53 Å². The maximum atomic E-state index is 6.90. The molecule has 202 valence electrons. The maximum absolute atomic E-state index is 6.90. The molecule has 0 aromatic heterocycles. The van der Waals surface area contributed by atoms with Gasteiger partial charge in [-0.25, -0.2) is 0 Å². The molecule has 0 aromatic carbocycles. The highest BCUT2D eigenvalue weighted by atomic mass is 15.2. The van der Waals surface area contributed by atoms with Gasteiger partial charge in [0.15, 0.2) is 0 Å². The van der Waals surface area contributed by atoms with Crippen molar-refractivity contribution < 1.29 is 0 Å². The Morgan fingerprint density at radius 3 is 1.28 bits per heavy atom. The Hall–Kier alpha value is -0.730. The van der Waals surface area contributed by atoms with E-state index >= 15 is 0 Å². The second-order valence-corrected chi connectivity index (χ2v) is 15.1. The molecule has 10 saturated carbocycles. The molecule has 0 aliphatic heterocycles. The van der Waals surface area contributed by atoms with Gasteiger partial charge >= 0.3 is 0 Å². The van der Waals surface area contributed by atoms with Crippen molar-refractivity contribution in [3.8, 4) is 0 Å². The first kappa shape index (κ1) is 25.5. The molecular formula is C32H55N4+. The largest absolute Gasteiger partial charge is 0.308 e. The fraction of sp³-hybridized carbons (Fsp3) is 1.00. The molecule has 4 heteroatoms. The maximum Gasteiger partial charge on any atom is 0.214 e. The molecule has 0 radical (unpaired) electrons. The van der Waals surface area contributed by atoms with Crippen molar-refractivity contribution >= 4 is 0 Å². The summed E-state index contributed by atoms with van der Waals surface area (Å²) in [5.74, 6) is 6.03. The summed E-state index contributed by atoms with van der Waals surface area (Å²) in [4.78, 5) is 3.30. The summed E-state index contributed by atoms with van der Waals surface area (Å²) in [5.41, 5.74) is 7.63. The third-order valence-corrected chi connectivity index (χ3v) is 11.9. The van der Waals surface area contributed by atoms with E-state index in [0.29, 0.717) is 5.54 Å². The van der Waals surface area contributed by atoms with Gasteiger partial charge < -0.3 is 5.32 Å².